The monoisotopic (exact) mass is 304 g/mol. The van der Waals surface area contributed by atoms with Crippen LogP contribution in [-0.2, 0) is 17.9 Å². The van der Waals surface area contributed by atoms with Gasteiger partial charge in [0.25, 0.3) is 0 Å². The number of carbonyl (C=O) groups excluding carboxylic acids is 1. The number of hydrogen-bond donors (Lipinski definition) is 0. The van der Waals surface area contributed by atoms with Gasteiger partial charge in [-0.1, -0.05) is 0 Å². The fourth-order valence-electron chi connectivity index (χ4n) is 3.98. The Balaban J connectivity index is 1.68. The lowest BCUT2D eigenvalue weighted by molar-refractivity contribution is -0.130. The predicted octanol–water partition coefficient (Wildman–Crippen LogP) is 2.11. The Labute approximate surface area is 133 Å². The van der Waals surface area contributed by atoms with Crippen molar-refractivity contribution in [1.29, 1.82) is 0 Å². The van der Waals surface area contributed by atoms with Crippen LogP contribution in [0.25, 0.3) is 0 Å². The van der Waals surface area contributed by atoms with E-state index < -0.39 is 0 Å². The second kappa shape index (κ2) is 6.41. The van der Waals surface area contributed by atoms with Gasteiger partial charge in [0.2, 0.25) is 5.91 Å². The van der Waals surface area contributed by atoms with Crippen molar-refractivity contribution >= 4 is 5.91 Å². The number of aryl methyl sites for hydroxylation is 2. The molecule has 122 valence electrons. The Morgan fingerprint density at radius 3 is 2.68 bits per heavy atom. The van der Waals surface area contributed by atoms with E-state index in [2.05, 4.69) is 40.4 Å². The highest BCUT2D eigenvalue weighted by molar-refractivity contribution is 5.78. The molecule has 1 amide bonds. The summed E-state index contributed by atoms with van der Waals surface area (Å²) in [6.45, 7) is 11.4. The number of carbonyl (C=O) groups is 1. The molecule has 0 spiro atoms. The van der Waals surface area contributed by atoms with Crippen LogP contribution in [0.4, 0.5) is 0 Å². The Kier molecular flexibility index (Phi) is 4.52. The topological polar surface area (TPSA) is 41.4 Å². The maximum Gasteiger partial charge on any atom is 0.222 e. The van der Waals surface area contributed by atoms with E-state index in [-0.39, 0.29) is 0 Å². The fourth-order valence-corrected chi connectivity index (χ4v) is 3.98. The number of likely N-dealkylation sites (tertiary alicyclic amines) is 2. The summed E-state index contributed by atoms with van der Waals surface area (Å²) in [6.07, 6.45) is 4.14. The first-order chi connectivity index (χ1) is 10.6. The molecule has 2 saturated heterocycles. The molecule has 2 aliphatic rings. The van der Waals surface area contributed by atoms with Crippen LogP contribution >= 0.6 is 0 Å². The van der Waals surface area contributed by atoms with Gasteiger partial charge in [0.1, 0.15) is 0 Å². The zero-order valence-electron chi connectivity index (χ0n) is 14.1. The van der Waals surface area contributed by atoms with Crippen molar-refractivity contribution < 1.29 is 4.79 Å². The van der Waals surface area contributed by atoms with Gasteiger partial charge in [0.05, 0.1) is 5.69 Å². The molecule has 0 N–H and O–H groups in total. The van der Waals surface area contributed by atoms with E-state index in [1.807, 2.05) is 0 Å². The normalized spacial score (nSPS) is 23.5. The first-order valence-electron chi connectivity index (χ1n) is 8.64. The van der Waals surface area contributed by atoms with Gasteiger partial charge in [0, 0.05) is 49.9 Å². The van der Waals surface area contributed by atoms with Gasteiger partial charge in [-0.2, -0.15) is 5.10 Å². The van der Waals surface area contributed by atoms with Crippen molar-refractivity contribution in [3.63, 3.8) is 0 Å². The lowest BCUT2D eigenvalue weighted by atomic mass is 10.0. The number of aromatic nitrogens is 2. The summed E-state index contributed by atoms with van der Waals surface area (Å²) in [4.78, 5) is 16.6. The van der Waals surface area contributed by atoms with Crippen molar-refractivity contribution in [3.8, 4) is 0 Å². The van der Waals surface area contributed by atoms with E-state index in [0.29, 0.717) is 11.9 Å². The molecule has 5 heteroatoms. The zero-order valence-corrected chi connectivity index (χ0v) is 14.1. The van der Waals surface area contributed by atoms with Crippen molar-refractivity contribution in [2.24, 2.45) is 0 Å². The minimum Gasteiger partial charge on any atom is -0.338 e. The summed E-state index contributed by atoms with van der Waals surface area (Å²) in [5.74, 6) is 0.359. The van der Waals surface area contributed by atoms with E-state index in [9.17, 15) is 4.79 Å². The smallest absolute Gasteiger partial charge is 0.222 e. The molecule has 5 nitrogen and oxygen atoms in total. The van der Waals surface area contributed by atoms with Gasteiger partial charge in [-0.15, -0.1) is 0 Å². The summed E-state index contributed by atoms with van der Waals surface area (Å²) in [7, 11) is 0. The SMILES string of the molecule is CCn1nc(C)c(CN2CCCC(N3CCCC3=O)C2)c1C. The molecule has 1 aromatic rings. The number of hydrogen-bond acceptors (Lipinski definition) is 3. The van der Waals surface area contributed by atoms with E-state index in [1.165, 1.54) is 17.7 Å². The van der Waals surface area contributed by atoms with Gasteiger partial charge < -0.3 is 4.90 Å². The fraction of sp³-hybridized carbons (Fsp3) is 0.765. The molecule has 2 aliphatic heterocycles. The largest absolute Gasteiger partial charge is 0.338 e. The van der Waals surface area contributed by atoms with Crippen LogP contribution in [0.2, 0.25) is 0 Å². The third-order valence-corrected chi connectivity index (χ3v) is 5.24. The summed E-state index contributed by atoms with van der Waals surface area (Å²) in [5.41, 5.74) is 3.81. The Hall–Kier alpha value is -1.36. The molecule has 2 fully saturated rings. The lowest BCUT2D eigenvalue weighted by Gasteiger charge is -2.37. The maximum atomic E-state index is 12.0. The molecule has 1 aromatic heterocycles. The second-order valence-corrected chi connectivity index (χ2v) is 6.69. The minimum absolute atomic E-state index is 0.359. The minimum atomic E-state index is 0.359. The van der Waals surface area contributed by atoms with Crippen LogP contribution in [0.1, 0.15) is 49.6 Å². The molecule has 0 radical (unpaired) electrons. The van der Waals surface area contributed by atoms with Gasteiger partial charge in [-0.25, -0.2) is 0 Å². The summed E-state index contributed by atoms with van der Waals surface area (Å²) < 4.78 is 2.09. The van der Waals surface area contributed by atoms with Gasteiger partial charge in [-0.3, -0.25) is 14.4 Å². The predicted molar refractivity (Wildman–Crippen MR) is 86.6 cm³/mol. The molecule has 1 atom stereocenters. The Morgan fingerprint density at radius 1 is 1.23 bits per heavy atom. The molecule has 0 aromatic carbocycles. The Bertz CT molecular complexity index is 551. The summed E-state index contributed by atoms with van der Waals surface area (Å²) in [6, 6.07) is 0.422. The van der Waals surface area contributed by atoms with Gasteiger partial charge in [0.15, 0.2) is 0 Å². The quantitative estimate of drug-likeness (QED) is 0.855. The molecule has 3 rings (SSSR count). The average Bonchev–Trinajstić information content (AvgIpc) is 3.06. The molecular formula is C17H28N4O. The first-order valence-corrected chi connectivity index (χ1v) is 8.64. The van der Waals surface area contributed by atoms with Crippen molar-refractivity contribution in [2.75, 3.05) is 19.6 Å². The highest BCUT2D eigenvalue weighted by Crippen LogP contribution is 2.24. The third-order valence-electron chi connectivity index (χ3n) is 5.24. The highest BCUT2D eigenvalue weighted by Gasteiger charge is 2.31. The van der Waals surface area contributed by atoms with Gasteiger partial charge >= 0.3 is 0 Å². The molecule has 0 saturated carbocycles. The van der Waals surface area contributed by atoms with Crippen LogP contribution in [-0.4, -0.2) is 51.2 Å². The summed E-state index contributed by atoms with van der Waals surface area (Å²) in [5, 5.41) is 4.63. The van der Waals surface area contributed by atoms with E-state index in [0.717, 1.165) is 57.7 Å². The molecule has 22 heavy (non-hydrogen) atoms. The van der Waals surface area contributed by atoms with Gasteiger partial charge in [-0.05, 0) is 46.6 Å². The highest BCUT2D eigenvalue weighted by atomic mass is 16.2. The number of piperidine rings is 1. The van der Waals surface area contributed by atoms with E-state index in [1.54, 1.807) is 0 Å². The molecule has 0 aliphatic carbocycles. The summed E-state index contributed by atoms with van der Waals surface area (Å²) >= 11 is 0. The molecule has 3 heterocycles. The Morgan fingerprint density at radius 2 is 2.05 bits per heavy atom. The van der Waals surface area contributed by atoms with Crippen LogP contribution < -0.4 is 0 Å². The molecule has 1 unspecified atom stereocenters. The van der Waals surface area contributed by atoms with Crippen molar-refractivity contribution in [1.82, 2.24) is 19.6 Å². The van der Waals surface area contributed by atoms with Crippen LogP contribution in [0.3, 0.4) is 0 Å². The third kappa shape index (κ3) is 2.91. The van der Waals surface area contributed by atoms with Crippen molar-refractivity contribution in [2.45, 2.75) is 65.6 Å². The molecule has 0 bridgehead atoms. The van der Waals surface area contributed by atoms with Crippen molar-refractivity contribution in [3.05, 3.63) is 17.0 Å². The number of amides is 1. The van der Waals surface area contributed by atoms with Crippen LogP contribution in [0.15, 0.2) is 0 Å². The standard InChI is InChI=1S/C17H28N4O/c1-4-21-14(3)16(13(2)18-21)12-19-9-5-7-15(11-19)20-10-6-8-17(20)22/h15H,4-12H2,1-3H3. The average molecular weight is 304 g/mol. The number of nitrogens with zero attached hydrogens (tertiary/aromatic N) is 4. The first kappa shape index (κ1) is 15.5. The lowest BCUT2D eigenvalue weighted by Crippen LogP contribution is -2.48. The zero-order chi connectivity index (χ0) is 15.7. The van der Waals surface area contributed by atoms with E-state index >= 15 is 0 Å². The number of rotatable bonds is 4. The molecular weight excluding hydrogens is 276 g/mol. The second-order valence-electron chi connectivity index (χ2n) is 6.69. The van der Waals surface area contributed by atoms with Crippen LogP contribution in [0.5, 0.6) is 0 Å². The van der Waals surface area contributed by atoms with Crippen LogP contribution in [0, 0.1) is 13.8 Å². The maximum absolute atomic E-state index is 12.0. The van der Waals surface area contributed by atoms with E-state index in [4.69, 9.17) is 0 Å².